The molecule has 0 unspecified atom stereocenters. The van der Waals surface area contributed by atoms with Gasteiger partial charge in [-0.25, -0.2) is 5.43 Å². The Labute approximate surface area is 211 Å². The summed E-state index contributed by atoms with van der Waals surface area (Å²) in [6.07, 6.45) is 1.47. The Bertz CT molecular complexity index is 1400. The monoisotopic (exact) mass is 534 g/mol. The van der Waals surface area contributed by atoms with Crippen molar-refractivity contribution in [1.29, 1.82) is 0 Å². The average Bonchev–Trinajstić information content (AvgIpc) is 2.87. The highest BCUT2D eigenvalue weighted by Gasteiger charge is 2.14. The summed E-state index contributed by atoms with van der Waals surface area (Å²) in [5, 5.41) is 16.3. The van der Waals surface area contributed by atoms with Gasteiger partial charge in [0, 0.05) is 6.07 Å². The number of hydrazone groups is 1. The number of hydrogen-bond donors (Lipinski definition) is 2. The summed E-state index contributed by atoms with van der Waals surface area (Å²) in [6, 6.07) is 22.2. The molecule has 0 atom stereocenters. The highest BCUT2D eigenvalue weighted by Crippen LogP contribution is 2.37. The van der Waals surface area contributed by atoms with Gasteiger partial charge in [0.2, 0.25) is 0 Å². The van der Waals surface area contributed by atoms with Gasteiger partial charge in [-0.3, -0.25) is 4.79 Å². The Kier molecular flexibility index (Phi) is 7.52. The second-order valence-corrected chi connectivity index (χ2v) is 8.40. The first-order chi connectivity index (χ1) is 17.0. The summed E-state index contributed by atoms with van der Waals surface area (Å²) >= 11 is 3.54. The van der Waals surface area contributed by atoms with E-state index in [1.165, 1.54) is 25.5 Å². The summed E-state index contributed by atoms with van der Waals surface area (Å²) < 4.78 is 17.3. The average molecular weight is 535 g/mol. The third kappa shape index (κ3) is 5.55. The first-order valence-electron chi connectivity index (χ1n) is 10.7. The van der Waals surface area contributed by atoms with Gasteiger partial charge in [-0.15, -0.1) is 0 Å². The van der Waals surface area contributed by atoms with Crippen LogP contribution in [0.5, 0.6) is 23.0 Å². The minimum atomic E-state index is -0.553. The number of hydrogen-bond acceptors (Lipinski definition) is 6. The van der Waals surface area contributed by atoms with Crippen molar-refractivity contribution in [2.45, 2.75) is 6.61 Å². The van der Waals surface area contributed by atoms with Crippen molar-refractivity contribution >= 4 is 38.8 Å². The minimum absolute atomic E-state index is 0.0823. The third-order valence-electron chi connectivity index (χ3n) is 5.33. The predicted molar refractivity (Wildman–Crippen MR) is 139 cm³/mol. The van der Waals surface area contributed by atoms with Crippen LogP contribution in [0.3, 0.4) is 0 Å². The Morgan fingerprint density at radius 3 is 2.60 bits per heavy atom. The number of fused-ring (bicyclic) bond motifs is 1. The number of ether oxygens (including phenoxy) is 3. The number of rotatable bonds is 8. The molecular weight excluding hydrogens is 512 g/mol. The van der Waals surface area contributed by atoms with Crippen molar-refractivity contribution < 1.29 is 24.1 Å². The maximum atomic E-state index is 12.3. The van der Waals surface area contributed by atoms with Crippen molar-refractivity contribution in [2.24, 2.45) is 5.10 Å². The van der Waals surface area contributed by atoms with E-state index in [0.717, 1.165) is 16.3 Å². The van der Waals surface area contributed by atoms with E-state index < -0.39 is 5.91 Å². The van der Waals surface area contributed by atoms with E-state index in [1.807, 2.05) is 30.3 Å². The zero-order chi connectivity index (χ0) is 24.8. The zero-order valence-corrected chi connectivity index (χ0v) is 20.7. The summed E-state index contributed by atoms with van der Waals surface area (Å²) in [6.45, 7) is 0.366. The van der Waals surface area contributed by atoms with Crippen LogP contribution in [0.25, 0.3) is 10.8 Å². The fourth-order valence-electron chi connectivity index (χ4n) is 3.58. The van der Waals surface area contributed by atoms with E-state index in [4.69, 9.17) is 14.2 Å². The highest BCUT2D eigenvalue weighted by molar-refractivity contribution is 9.10. The standard InChI is InChI=1S/C27H23BrN2O5/c1-33-20-10-11-22(24(31)14-20)27(32)30-29-15-17-12-23(28)26(25(13-17)34-2)35-16-19-8-5-7-18-6-3-4-9-21(18)19/h3-15,31H,16H2,1-2H3,(H,30,32)/b29-15-. The van der Waals surface area contributed by atoms with Gasteiger partial charge in [0.15, 0.2) is 11.5 Å². The summed E-state index contributed by atoms with van der Waals surface area (Å²) in [7, 11) is 3.03. The molecule has 0 aromatic heterocycles. The van der Waals surface area contributed by atoms with Gasteiger partial charge < -0.3 is 19.3 Å². The molecule has 0 saturated heterocycles. The number of amides is 1. The van der Waals surface area contributed by atoms with Crippen LogP contribution in [0.15, 0.2) is 82.4 Å². The number of phenols is 1. The lowest BCUT2D eigenvalue weighted by Crippen LogP contribution is -2.17. The zero-order valence-electron chi connectivity index (χ0n) is 19.1. The van der Waals surface area contributed by atoms with Gasteiger partial charge >= 0.3 is 0 Å². The van der Waals surface area contributed by atoms with Crippen LogP contribution >= 0.6 is 15.9 Å². The molecule has 0 aliphatic carbocycles. The van der Waals surface area contributed by atoms with Gasteiger partial charge in [-0.1, -0.05) is 42.5 Å². The predicted octanol–water partition coefficient (Wildman–Crippen LogP) is 5.67. The van der Waals surface area contributed by atoms with Gasteiger partial charge in [0.05, 0.1) is 30.5 Å². The Morgan fingerprint density at radius 1 is 1.03 bits per heavy atom. The molecule has 4 aromatic carbocycles. The molecule has 0 saturated carbocycles. The smallest absolute Gasteiger partial charge is 0.275 e. The summed E-state index contributed by atoms with van der Waals surface area (Å²) in [5.74, 6) is 0.767. The second kappa shape index (κ2) is 10.9. The maximum absolute atomic E-state index is 12.3. The second-order valence-electron chi connectivity index (χ2n) is 7.54. The van der Waals surface area contributed by atoms with E-state index in [9.17, 15) is 9.90 Å². The number of benzene rings is 4. The molecule has 4 aromatic rings. The molecule has 35 heavy (non-hydrogen) atoms. The number of halogens is 1. The molecule has 178 valence electrons. The number of phenolic OH excluding ortho intramolecular Hbond substituents is 1. The summed E-state index contributed by atoms with van der Waals surface area (Å²) in [5.41, 5.74) is 4.22. The lowest BCUT2D eigenvalue weighted by atomic mass is 10.1. The number of nitrogens with one attached hydrogen (secondary N) is 1. The molecule has 2 N–H and O–H groups in total. The van der Waals surface area contributed by atoms with E-state index in [2.05, 4.69) is 44.7 Å². The number of aromatic hydroxyl groups is 1. The molecule has 0 aliphatic heterocycles. The first-order valence-corrected chi connectivity index (χ1v) is 11.5. The van der Waals surface area contributed by atoms with E-state index in [0.29, 0.717) is 33.9 Å². The van der Waals surface area contributed by atoms with Gasteiger partial charge in [-0.2, -0.15) is 5.10 Å². The molecule has 0 aliphatic rings. The van der Waals surface area contributed by atoms with Crippen LogP contribution in [0, 0.1) is 0 Å². The lowest BCUT2D eigenvalue weighted by Gasteiger charge is -2.14. The molecule has 7 nitrogen and oxygen atoms in total. The number of nitrogens with zero attached hydrogens (tertiary/aromatic N) is 1. The van der Waals surface area contributed by atoms with E-state index >= 15 is 0 Å². The fourth-order valence-corrected chi connectivity index (χ4v) is 4.15. The van der Waals surface area contributed by atoms with Crippen LogP contribution in [-0.4, -0.2) is 31.4 Å². The fraction of sp³-hybridized carbons (Fsp3) is 0.111. The van der Waals surface area contributed by atoms with Crippen LogP contribution in [-0.2, 0) is 6.61 Å². The quantitative estimate of drug-likeness (QED) is 0.224. The molecule has 0 radical (unpaired) electrons. The Hall–Kier alpha value is -4.04. The topological polar surface area (TPSA) is 89.4 Å². The normalized spacial score (nSPS) is 10.9. The maximum Gasteiger partial charge on any atom is 0.275 e. The Morgan fingerprint density at radius 2 is 1.83 bits per heavy atom. The molecule has 4 rings (SSSR count). The van der Waals surface area contributed by atoms with E-state index in [-0.39, 0.29) is 11.3 Å². The van der Waals surface area contributed by atoms with Gasteiger partial charge in [0.25, 0.3) is 5.91 Å². The largest absolute Gasteiger partial charge is 0.507 e. The number of carbonyl (C=O) groups is 1. The van der Waals surface area contributed by atoms with Crippen molar-refractivity contribution in [3.05, 3.63) is 94.0 Å². The molecule has 0 fully saturated rings. The van der Waals surface area contributed by atoms with Crippen LogP contribution in [0.1, 0.15) is 21.5 Å². The van der Waals surface area contributed by atoms with Crippen LogP contribution in [0.2, 0.25) is 0 Å². The van der Waals surface area contributed by atoms with Crippen molar-refractivity contribution in [3.8, 4) is 23.0 Å². The van der Waals surface area contributed by atoms with Gasteiger partial charge in [0.1, 0.15) is 18.1 Å². The molecule has 0 bridgehead atoms. The van der Waals surface area contributed by atoms with Crippen LogP contribution in [0.4, 0.5) is 0 Å². The molecule has 8 heteroatoms. The highest BCUT2D eigenvalue weighted by atomic mass is 79.9. The SMILES string of the molecule is COc1ccc(C(=O)N/N=C\c2cc(Br)c(OCc3cccc4ccccc34)c(OC)c2)c(O)c1. The first kappa shape index (κ1) is 24.1. The number of methoxy groups -OCH3 is 2. The molecule has 1 amide bonds. The molecule has 0 spiro atoms. The third-order valence-corrected chi connectivity index (χ3v) is 5.92. The number of carbonyl (C=O) groups excluding carboxylic acids is 1. The van der Waals surface area contributed by atoms with Crippen LogP contribution < -0.4 is 19.6 Å². The lowest BCUT2D eigenvalue weighted by molar-refractivity contribution is 0.0952. The minimum Gasteiger partial charge on any atom is -0.507 e. The molecule has 0 heterocycles. The van der Waals surface area contributed by atoms with Crippen molar-refractivity contribution in [3.63, 3.8) is 0 Å². The van der Waals surface area contributed by atoms with Gasteiger partial charge in [-0.05, 0) is 62.1 Å². The van der Waals surface area contributed by atoms with Crippen molar-refractivity contribution in [1.82, 2.24) is 5.43 Å². The van der Waals surface area contributed by atoms with Crippen molar-refractivity contribution in [2.75, 3.05) is 14.2 Å². The van der Waals surface area contributed by atoms with E-state index in [1.54, 1.807) is 19.2 Å². The Balaban J connectivity index is 1.47. The summed E-state index contributed by atoms with van der Waals surface area (Å²) in [4.78, 5) is 12.3. The molecular formula is C27H23BrN2O5.